The van der Waals surface area contributed by atoms with Gasteiger partial charge in [-0.15, -0.1) is 11.3 Å². The molecule has 0 aliphatic rings. The predicted octanol–water partition coefficient (Wildman–Crippen LogP) is 0.774. The van der Waals surface area contributed by atoms with Crippen LogP contribution >= 0.6 is 11.3 Å². The van der Waals surface area contributed by atoms with Gasteiger partial charge in [0.05, 0.1) is 0 Å². The molecule has 3 nitrogen and oxygen atoms in total. The molecule has 0 amide bonds. The van der Waals surface area contributed by atoms with Crippen molar-refractivity contribution in [1.29, 1.82) is 5.41 Å². The first-order valence-electron chi connectivity index (χ1n) is 3.39. The van der Waals surface area contributed by atoms with Crippen LogP contribution in [0.25, 0.3) is 0 Å². The molecule has 0 saturated carbocycles. The van der Waals surface area contributed by atoms with Crippen LogP contribution in [0.4, 0.5) is 0 Å². The van der Waals surface area contributed by atoms with E-state index >= 15 is 0 Å². The minimum absolute atomic E-state index is 0.0431. The van der Waals surface area contributed by atoms with Crippen molar-refractivity contribution < 1.29 is 0 Å². The molecule has 0 atom stereocenters. The fourth-order valence-electron chi connectivity index (χ4n) is 0.775. The average molecular weight is 169 g/mol. The third kappa shape index (κ3) is 3.04. The Balaban J connectivity index is 2.19. The van der Waals surface area contributed by atoms with E-state index in [1.54, 1.807) is 11.3 Å². The molecule has 0 saturated heterocycles. The summed E-state index contributed by atoms with van der Waals surface area (Å²) in [5.74, 6) is 0.0431. The summed E-state index contributed by atoms with van der Waals surface area (Å²) in [6.45, 7) is 0.746. The summed E-state index contributed by atoms with van der Waals surface area (Å²) in [5.41, 5.74) is 5.11. The van der Waals surface area contributed by atoms with Gasteiger partial charge in [0.25, 0.3) is 0 Å². The van der Waals surface area contributed by atoms with Crippen LogP contribution in [-0.2, 0) is 6.42 Å². The third-order valence-corrected chi connectivity index (χ3v) is 2.20. The Labute approximate surface area is 69.7 Å². The molecule has 0 aromatic carbocycles. The first-order valence-corrected chi connectivity index (χ1v) is 4.27. The van der Waals surface area contributed by atoms with Gasteiger partial charge >= 0.3 is 0 Å². The number of nitrogens with two attached hydrogens (primary N) is 1. The van der Waals surface area contributed by atoms with E-state index in [0.717, 1.165) is 13.0 Å². The number of nitrogens with one attached hydrogen (secondary N) is 2. The molecular weight excluding hydrogens is 158 g/mol. The van der Waals surface area contributed by atoms with E-state index in [1.165, 1.54) is 4.88 Å². The Bertz CT molecular complexity index is 218. The van der Waals surface area contributed by atoms with Gasteiger partial charge in [-0.25, -0.2) is 0 Å². The van der Waals surface area contributed by atoms with Crippen LogP contribution in [0.5, 0.6) is 0 Å². The maximum absolute atomic E-state index is 6.89. The highest BCUT2D eigenvalue weighted by atomic mass is 32.1. The molecule has 0 aliphatic heterocycles. The molecule has 0 radical (unpaired) electrons. The van der Waals surface area contributed by atoms with Gasteiger partial charge in [0, 0.05) is 11.4 Å². The molecule has 1 rings (SSSR count). The Morgan fingerprint density at radius 2 is 2.55 bits per heavy atom. The van der Waals surface area contributed by atoms with E-state index in [2.05, 4.69) is 11.4 Å². The molecule has 4 heteroatoms. The highest BCUT2D eigenvalue weighted by Crippen LogP contribution is 2.07. The minimum atomic E-state index is 0.0431. The Hall–Kier alpha value is -1.03. The van der Waals surface area contributed by atoms with Crippen molar-refractivity contribution in [3.63, 3.8) is 0 Å². The first-order chi connectivity index (χ1) is 5.29. The number of hydrogen-bond acceptors (Lipinski definition) is 2. The zero-order chi connectivity index (χ0) is 8.10. The van der Waals surface area contributed by atoms with Crippen LogP contribution in [0, 0.1) is 5.41 Å². The summed E-state index contributed by atoms with van der Waals surface area (Å²) in [7, 11) is 0. The van der Waals surface area contributed by atoms with E-state index < -0.39 is 0 Å². The topological polar surface area (TPSA) is 61.9 Å². The first kappa shape index (κ1) is 8.07. The molecule has 1 aromatic rings. The van der Waals surface area contributed by atoms with Gasteiger partial charge in [0.15, 0.2) is 5.96 Å². The van der Waals surface area contributed by atoms with Gasteiger partial charge in [-0.1, -0.05) is 6.07 Å². The Kier molecular flexibility index (Phi) is 2.92. The molecule has 1 heterocycles. The second-order valence-electron chi connectivity index (χ2n) is 2.17. The quantitative estimate of drug-likeness (QED) is 0.462. The van der Waals surface area contributed by atoms with E-state index in [-0.39, 0.29) is 5.96 Å². The summed E-state index contributed by atoms with van der Waals surface area (Å²) in [6.07, 6.45) is 0.942. The standard InChI is InChI=1S/C7H11N3S/c8-7(9)10-4-3-6-2-1-5-11-6/h1-2,5H,3-4H2,(H4,8,9,10). The number of hydrogen-bond donors (Lipinski definition) is 3. The van der Waals surface area contributed by atoms with Crippen molar-refractivity contribution >= 4 is 17.3 Å². The normalized spacial score (nSPS) is 9.45. The summed E-state index contributed by atoms with van der Waals surface area (Å²) < 4.78 is 0. The largest absolute Gasteiger partial charge is 0.370 e. The summed E-state index contributed by atoms with van der Waals surface area (Å²) in [4.78, 5) is 1.32. The van der Waals surface area contributed by atoms with Crippen molar-refractivity contribution in [2.45, 2.75) is 6.42 Å². The fraction of sp³-hybridized carbons (Fsp3) is 0.286. The molecule has 11 heavy (non-hydrogen) atoms. The highest BCUT2D eigenvalue weighted by Gasteiger charge is 1.92. The Morgan fingerprint density at radius 1 is 1.73 bits per heavy atom. The molecule has 0 spiro atoms. The van der Waals surface area contributed by atoms with Crippen LogP contribution in [-0.4, -0.2) is 12.5 Å². The van der Waals surface area contributed by atoms with Crippen molar-refractivity contribution in [2.24, 2.45) is 5.73 Å². The van der Waals surface area contributed by atoms with E-state index in [4.69, 9.17) is 11.1 Å². The maximum atomic E-state index is 6.89. The van der Waals surface area contributed by atoms with Gasteiger partial charge in [-0.2, -0.15) is 0 Å². The van der Waals surface area contributed by atoms with E-state index in [9.17, 15) is 0 Å². The van der Waals surface area contributed by atoms with Gasteiger partial charge in [-0.3, -0.25) is 5.41 Å². The van der Waals surface area contributed by atoms with Gasteiger partial charge in [-0.05, 0) is 17.9 Å². The van der Waals surface area contributed by atoms with Crippen molar-refractivity contribution in [3.05, 3.63) is 22.4 Å². The lowest BCUT2D eigenvalue weighted by Crippen LogP contribution is -2.31. The highest BCUT2D eigenvalue weighted by molar-refractivity contribution is 7.09. The van der Waals surface area contributed by atoms with Crippen LogP contribution in [0.1, 0.15) is 4.88 Å². The predicted molar refractivity (Wildman–Crippen MR) is 47.9 cm³/mol. The monoisotopic (exact) mass is 169 g/mol. The van der Waals surface area contributed by atoms with Crippen molar-refractivity contribution in [1.82, 2.24) is 5.32 Å². The molecule has 0 unspecified atom stereocenters. The molecule has 0 bridgehead atoms. The zero-order valence-corrected chi connectivity index (χ0v) is 6.95. The lowest BCUT2D eigenvalue weighted by molar-refractivity contribution is 0.864. The second kappa shape index (κ2) is 3.98. The molecule has 0 aliphatic carbocycles. The second-order valence-corrected chi connectivity index (χ2v) is 3.20. The van der Waals surface area contributed by atoms with Crippen molar-refractivity contribution in [2.75, 3.05) is 6.54 Å². The number of guanidine groups is 1. The summed E-state index contributed by atoms with van der Waals surface area (Å²) in [6, 6.07) is 4.10. The van der Waals surface area contributed by atoms with Crippen LogP contribution in [0.3, 0.4) is 0 Å². The minimum Gasteiger partial charge on any atom is -0.370 e. The molecule has 0 fully saturated rings. The Morgan fingerprint density at radius 3 is 3.09 bits per heavy atom. The van der Waals surface area contributed by atoms with Gasteiger partial charge < -0.3 is 11.1 Å². The zero-order valence-electron chi connectivity index (χ0n) is 6.13. The van der Waals surface area contributed by atoms with Crippen molar-refractivity contribution in [3.8, 4) is 0 Å². The molecule has 1 aromatic heterocycles. The lowest BCUT2D eigenvalue weighted by Gasteiger charge is -2.00. The number of rotatable bonds is 3. The van der Waals surface area contributed by atoms with Crippen LogP contribution in [0.15, 0.2) is 17.5 Å². The third-order valence-electron chi connectivity index (χ3n) is 1.27. The van der Waals surface area contributed by atoms with E-state index in [0.29, 0.717) is 0 Å². The molecular formula is C7H11N3S. The van der Waals surface area contributed by atoms with Crippen LogP contribution < -0.4 is 11.1 Å². The van der Waals surface area contributed by atoms with Gasteiger partial charge in [0.2, 0.25) is 0 Å². The average Bonchev–Trinajstić information content (AvgIpc) is 2.39. The smallest absolute Gasteiger partial charge is 0.185 e. The lowest BCUT2D eigenvalue weighted by atomic mass is 10.3. The van der Waals surface area contributed by atoms with Gasteiger partial charge in [0.1, 0.15) is 0 Å². The van der Waals surface area contributed by atoms with E-state index in [1.807, 2.05) is 11.4 Å². The molecule has 4 N–H and O–H groups in total. The fourth-order valence-corrected chi connectivity index (χ4v) is 1.48. The SMILES string of the molecule is N=C(N)NCCc1cccs1. The number of thiophene rings is 1. The molecule has 60 valence electrons. The summed E-state index contributed by atoms with van der Waals surface area (Å²) >= 11 is 1.72. The maximum Gasteiger partial charge on any atom is 0.185 e. The summed E-state index contributed by atoms with van der Waals surface area (Å²) in [5, 5.41) is 11.7. The van der Waals surface area contributed by atoms with Crippen LogP contribution in [0.2, 0.25) is 0 Å².